The number of amides is 2. The molecule has 192 valence electrons. The number of primary amides is 1. The number of benzene rings is 1. The lowest BCUT2D eigenvalue weighted by atomic mass is 10.1. The molecule has 0 saturated heterocycles. The number of carbonyl (C=O) groups excluding carboxylic acids is 2. The third-order valence-corrected chi connectivity index (χ3v) is 4.55. The molecule has 0 bridgehead atoms. The van der Waals surface area contributed by atoms with Crippen LogP contribution in [0.5, 0.6) is 5.75 Å². The molecular formula is C23H29F3N4O4S. The summed E-state index contributed by atoms with van der Waals surface area (Å²) in [4.78, 5) is 35.1. The van der Waals surface area contributed by atoms with Crippen LogP contribution in [0.3, 0.4) is 0 Å². The second-order valence-corrected chi connectivity index (χ2v) is 7.43. The second kappa shape index (κ2) is 14.1. The number of rotatable bonds is 9. The number of hydrogen-bond donors (Lipinski definition) is 3. The number of alkyl halides is 3. The summed E-state index contributed by atoms with van der Waals surface area (Å²) >= 11 is 5.01. The lowest BCUT2D eigenvalue weighted by Crippen LogP contribution is -2.35. The summed E-state index contributed by atoms with van der Waals surface area (Å²) in [5.74, 6) is -1.81. The highest BCUT2D eigenvalue weighted by Crippen LogP contribution is 2.38. The van der Waals surface area contributed by atoms with Crippen molar-refractivity contribution < 1.29 is 27.5 Å². The number of carbonyl (C=O) groups is 2. The van der Waals surface area contributed by atoms with E-state index in [-0.39, 0.29) is 28.7 Å². The molecule has 2 aromatic rings. The lowest BCUT2D eigenvalue weighted by Gasteiger charge is -2.16. The number of thiocarbonyl (C=S) groups is 1. The fraction of sp³-hybridized carbons (Fsp3) is 0.391. The Bertz CT molecular complexity index is 1090. The molecule has 1 heterocycles. The van der Waals surface area contributed by atoms with E-state index in [2.05, 4.69) is 10.6 Å². The average Bonchev–Trinajstić information content (AvgIpc) is 2.79. The number of anilines is 1. The van der Waals surface area contributed by atoms with E-state index in [1.165, 1.54) is 18.2 Å². The lowest BCUT2D eigenvalue weighted by molar-refractivity contribution is -0.138. The van der Waals surface area contributed by atoms with Gasteiger partial charge >= 0.3 is 6.18 Å². The van der Waals surface area contributed by atoms with E-state index in [1.807, 2.05) is 20.8 Å². The normalized spacial score (nSPS) is 10.6. The van der Waals surface area contributed by atoms with Crippen LogP contribution in [0.25, 0.3) is 0 Å². The molecule has 2 rings (SSSR count). The minimum atomic E-state index is -4.66. The molecule has 1 aromatic carbocycles. The predicted molar refractivity (Wildman–Crippen MR) is 131 cm³/mol. The summed E-state index contributed by atoms with van der Waals surface area (Å²) in [7, 11) is 0. The molecule has 0 unspecified atom stereocenters. The van der Waals surface area contributed by atoms with Gasteiger partial charge in [-0.1, -0.05) is 33.6 Å². The molecule has 35 heavy (non-hydrogen) atoms. The molecule has 0 radical (unpaired) electrons. The number of nitrogens with two attached hydrogens (primary N) is 1. The van der Waals surface area contributed by atoms with Crippen molar-refractivity contribution in [3.05, 3.63) is 58.0 Å². The molecule has 4 N–H and O–H groups in total. The number of pyridine rings is 1. The highest BCUT2D eigenvalue weighted by atomic mass is 32.1. The first kappa shape index (κ1) is 29.6. The molecule has 0 fully saturated rings. The average molecular weight is 515 g/mol. The van der Waals surface area contributed by atoms with Crippen molar-refractivity contribution in [1.82, 2.24) is 9.88 Å². The fourth-order valence-corrected chi connectivity index (χ4v) is 2.99. The molecule has 1 aromatic heterocycles. The highest BCUT2D eigenvalue weighted by molar-refractivity contribution is 7.80. The summed E-state index contributed by atoms with van der Waals surface area (Å²) in [6, 6.07) is 5.64. The Morgan fingerprint density at radius 3 is 2.43 bits per heavy atom. The standard InChI is InChI=1S/C21H23F3N4O4S.C2H6/c1-2-3-4-9-32-16-7-6-14(10-15(16)21(22,23)24)26-20(33)27-19(31)13-5-8-18(30)28(11-13)12-17(25)29;1-2/h5-8,10-11H,2-4,9,12H2,1H3,(H2,25,29)(H2,26,27,31,33);1-2H3. The first-order valence-corrected chi connectivity index (χ1v) is 11.4. The van der Waals surface area contributed by atoms with E-state index in [9.17, 15) is 27.6 Å². The summed E-state index contributed by atoms with van der Waals surface area (Å²) in [6.45, 7) is 5.72. The van der Waals surface area contributed by atoms with Crippen LogP contribution >= 0.6 is 12.2 Å². The molecule has 0 spiro atoms. The number of ether oxygens (including phenoxy) is 1. The van der Waals surface area contributed by atoms with Crippen LogP contribution in [0.1, 0.15) is 56.0 Å². The van der Waals surface area contributed by atoms with Crippen LogP contribution < -0.4 is 26.7 Å². The monoisotopic (exact) mass is 514 g/mol. The van der Waals surface area contributed by atoms with Crippen LogP contribution in [-0.2, 0) is 17.5 Å². The van der Waals surface area contributed by atoms with Gasteiger partial charge in [0.2, 0.25) is 5.91 Å². The molecule has 0 aliphatic carbocycles. The molecule has 0 aliphatic rings. The Morgan fingerprint density at radius 1 is 1.14 bits per heavy atom. The first-order chi connectivity index (χ1) is 16.5. The van der Waals surface area contributed by atoms with Crippen LogP contribution in [0, 0.1) is 0 Å². The Morgan fingerprint density at radius 2 is 1.83 bits per heavy atom. The van der Waals surface area contributed by atoms with Gasteiger partial charge in [-0.15, -0.1) is 0 Å². The summed E-state index contributed by atoms with van der Waals surface area (Å²) in [6.07, 6.45) is -1.15. The van der Waals surface area contributed by atoms with E-state index in [0.29, 0.717) is 6.42 Å². The van der Waals surface area contributed by atoms with E-state index in [0.717, 1.165) is 35.7 Å². The third kappa shape index (κ3) is 9.77. The van der Waals surface area contributed by atoms with Crippen molar-refractivity contribution in [1.29, 1.82) is 0 Å². The van der Waals surface area contributed by atoms with Gasteiger partial charge in [-0.2, -0.15) is 13.2 Å². The Labute approximate surface area is 206 Å². The minimum absolute atomic E-state index is 0.00719. The van der Waals surface area contributed by atoms with Crippen molar-refractivity contribution in [2.24, 2.45) is 5.73 Å². The maximum Gasteiger partial charge on any atom is 0.420 e. The predicted octanol–water partition coefficient (Wildman–Crippen LogP) is 4.07. The van der Waals surface area contributed by atoms with Gasteiger partial charge in [0.25, 0.3) is 11.5 Å². The van der Waals surface area contributed by atoms with Crippen LogP contribution in [0.15, 0.2) is 41.3 Å². The topological polar surface area (TPSA) is 115 Å². The number of hydrogen-bond acceptors (Lipinski definition) is 5. The zero-order chi connectivity index (χ0) is 26.6. The summed E-state index contributed by atoms with van der Waals surface area (Å²) in [5.41, 5.74) is 3.53. The fourth-order valence-electron chi connectivity index (χ4n) is 2.78. The van der Waals surface area contributed by atoms with E-state index in [4.69, 9.17) is 22.7 Å². The van der Waals surface area contributed by atoms with E-state index >= 15 is 0 Å². The Balaban J connectivity index is 0.00000298. The number of halogens is 3. The highest BCUT2D eigenvalue weighted by Gasteiger charge is 2.34. The Kier molecular flexibility index (Phi) is 11.9. The molecule has 8 nitrogen and oxygen atoms in total. The summed E-state index contributed by atoms with van der Waals surface area (Å²) in [5, 5.41) is 4.56. The molecule has 0 atom stereocenters. The van der Waals surface area contributed by atoms with Crippen LogP contribution in [0.2, 0.25) is 0 Å². The van der Waals surface area contributed by atoms with Crippen LogP contribution in [0.4, 0.5) is 18.9 Å². The van der Waals surface area contributed by atoms with Crippen molar-refractivity contribution in [3.63, 3.8) is 0 Å². The minimum Gasteiger partial charge on any atom is -0.493 e. The van der Waals surface area contributed by atoms with Gasteiger partial charge in [-0.05, 0) is 42.9 Å². The summed E-state index contributed by atoms with van der Waals surface area (Å²) < 4.78 is 46.6. The number of aromatic nitrogens is 1. The van der Waals surface area contributed by atoms with Gasteiger partial charge in [0, 0.05) is 18.0 Å². The quantitative estimate of drug-likeness (QED) is 0.343. The number of unbranched alkanes of at least 4 members (excludes halogenated alkanes) is 2. The first-order valence-electron chi connectivity index (χ1n) is 11.0. The van der Waals surface area contributed by atoms with Gasteiger partial charge in [0.1, 0.15) is 12.3 Å². The largest absolute Gasteiger partial charge is 0.493 e. The van der Waals surface area contributed by atoms with Gasteiger partial charge in [-0.3, -0.25) is 19.7 Å². The van der Waals surface area contributed by atoms with Crippen molar-refractivity contribution in [3.8, 4) is 5.75 Å². The SMILES string of the molecule is CC.CCCCCOc1ccc(NC(=S)NC(=O)c2ccc(=O)n(CC(N)=O)c2)cc1C(F)(F)F. The van der Waals surface area contributed by atoms with Crippen LogP contribution in [-0.4, -0.2) is 28.1 Å². The second-order valence-electron chi connectivity index (χ2n) is 7.02. The molecule has 0 aliphatic heterocycles. The zero-order valence-corrected chi connectivity index (χ0v) is 20.5. The number of nitrogens with one attached hydrogen (secondary N) is 2. The van der Waals surface area contributed by atoms with Gasteiger partial charge in [-0.25, -0.2) is 0 Å². The van der Waals surface area contributed by atoms with Crippen molar-refractivity contribution >= 4 is 34.8 Å². The van der Waals surface area contributed by atoms with E-state index in [1.54, 1.807) is 0 Å². The van der Waals surface area contributed by atoms with E-state index < -0.39 is 35.7 Å². The maximum absolute atomic E-state index is 13.5. The third-order valence-electron chi connectivity index (χ3n) is 4.35. The molecule has 12 heteroatoms. The van der Waals surface area contributed by atoms with Gasteiger partial charge in [0.15, 0.2) is 5.11 Å². The molecule has 0 saturated carbocycles. The van der Waals surface area contributed by atoms with Crippen molar-refractivity contribution in [2.75, 3.05) is 11.9 Å². The molecular weight excluding hydrogens is 485 g/mol. The smallest absolute Gasteiger partial charge is 0.420 e. The maximum atomic E-state index is 13.5. The van der Waals surface area contributed by atoms with Gasteiger partial charge in [0.05, 0.1) is 17.7 Å². The number of nitrogens with zero attached hydrogens (tertiary/aromatic N) is 1. The zero-order valence-electron chi connectivity index (χ0n) is 19.7. The molecule has 2 amide bonds. The Hall–Kier alpha value is -3.41. The van der Waals surface area contributed by atoms with Crippen molar-refractivity contribution in [2.45, 2.75) is 52.8 Å². The van der Waals surface area contributed by atoms with Gasteiger partial charge < -0.3 is 20.4 Å².